The minimum atomic E-state index is -4.48. The van der Waals surface area contributed by atoms with E-state index in [-0.39, 0.29) is 5.95 Å². The second kappa shape index (κ2) is 9.13. The van der Waals surface area contributed by atoms with Crippen molar-refractivity contribution in [3.8, 4) is 0 Å². The molecule has 1 aromatic heterocycles. The SMILES string of the molecule is NC(CCCN1CCC(CNc2nccc(C(F)(F)F)n2)CC1)C(=O)O. The Balaban J connectivity index is 1.68. The van der Waals surface area contributed by atoms with E-state index in [9.17, 15) is 18.0 Å². The Hall–Kier alpha value is -1.94. The van der Waals surface area contributed by atoms with E-state index in [2.05, 4.69) is 20.2 Å². The van der Waals surface area contributed by atoms with E-state index in [1.807, 2.05) is 0 Å². The molecule has 2 rings (SSSR count). The maximum Gasteiger partial charge on any atom is 0.433 e. The number of halogens is 3. The Morgan fingerprint density at radius 2 is 2.12 bits per heavy atom. The number of carbonyl (C=O) groups is 1. The topological polar surface area (TPSA) is 104 Å². The monoisotopic (exact) mass is 375 g/mol. The van der Waals surface area contributed by atoms with Crippen molar-refractivity contribution in [3.63, 3.8) is 0 Å². The van der Waals surface area contributed by atoms with Crippen molar-refractivity contribution in [1.29, 1.82) is 0 Å². The molecule has 1 unspecified atom stereocenters. The number of rotatable bonds is 8. The molecule has 26 heavy (non-hydrogen) atoms. The smallest absolute Gasteiger partial charge is 0.433 e. The van der Waals surface area contributed by atoms with E-state index in [1.54, 1.807) is 0 Å². The molecule has 10 heteroatoms. The van der Waals surface area contributed by atoms with Crippen molar-refractivity contribution in [2.75, 3.05) is 31.5 Å². The van der Waals surface area contributed by atoms with E-state index in [0.717, 1.165) is 51.2 Å². The fraction of sp³-hybridized carbons (Fsp3) is 0.688. The van der Waals surface area contributed by atoms with Crippen molar-refractivity contribution in [3.05, 3.63) is 18.0 Å². The number of nitrogens with two attached hydrogens (primary N) is 1. The quantitative estimate of drug-likeness (QED) is 0.636. The van der Waals surface area contributed by atoms with Crippen LogP contribution in [0.25, 0.3) is 0 Å². The minimum Gasteiger partial charge on any atom is -0.480 e. The molecule has 1 atom stereocenters. The number of carboxylic acid groups (broad SMARTS) is 1. The standard InChI is InChI=1S/C16H24F3N5O2/c17-16(18,19)13-3-6-21-15(23-13)22-10-11-4-8-24(9-5-11)7-1-2-12(20)14(25)26/h3,6,11-12H,1-2,4-5,7-10,20H2,(H,25,26)(H,21,22,23). The molecule has 1 aromatic rings. The molecular formula is C16H24F3N5O2. The van der Waals surface area contributed by atoms with Gasteiger partial charge in [-0.25, -0.2) is 9.97 Å². The van der Waals surface area contributed by atoms with Gasteiger partial charge in [-0.05, 0) is 57.3 Å². The first kappa shape index (κ1) is 20.4. The minimum absolute atomic E-state index is 0.00934. The molecule has 0 aliphatic carbocycles. The highest BCUT2D eigenvalue weighted by atomic mass is 19.4. The highest BCUT2D eigenvalue weighted by molar-refractivity contribution is 5.72. The van der Waals surface area contributed by atoms with Crippen LogP contribution >= 0.6 is 0 Å². The van der Waals surface area contributed by atoms with Gasteiger partial charge < -0.3 is 21.1 Å². The third-order valence-corrected chi connectivity index (χ3v) is 4.51. The number of likely N-dealkylation sites (tertiary alicyclic amines) is 1. The van der Waals surface area contributed by atoms with Gasteiger partial charge in [0.05, 0.1) is 0 Å². The summed E-state index contributed by atoms with van der Waals surface area (Å²) in [6.07, 6.45) is -0.372. The molecule has 0 bridgehead atoms. The zero-order valence-corrected chi connectivity index (χ0v) is 14.4. The first-order valence-electron chi connectivity index (χ1n) is 8.60. The van der Waals surface area contributed by atoms with E-state index in [0.29, 0.717) is 18.9 Å². The summed E-state index contributed by atoms with van der Waals surface area (Å²) in [6.45, 7) is 3.08. The highest BCUT2D eigenvalue weighted by Crippen LogP contribution is 2.27. The summed E-state index contributed by atoms with van der Waals surface area (Å²) in [5.41, 5.74) is 4.52. The number of aromatic nitrogens is 2. The van der Waals surface area contributed by atoms with Crippen LogP contribution in [0.1, 0.15) is 31.4 Å². The van der Waals surface area contributed by atoms with Crippen LogP contribution in [0.5, 0.6) is 0 Å². The summed E-state index contributed by atoms with van der Waals surface area (Å²) in [5, 5.41) is 11.6. The molecule has 0 radical (unpaired) electrons. The van der Waals surface area contributed by atoms with Crippen LogP contribution < -0.4 is 11.1 Å². The van der Waals surface area contributed by atoms with Crippen molar-refractivity contribution in [2.45, 2.75) is 37.9 Å². The summed E-state index contributed by atoms with van der Waals surface area (Å²) in [7, 11) is 0. The zero-order valence-electron chi connectivity index (χ0n) is 14.4. The molecule has 1 saturated heterocycles. The summed E-state index contributed by atoms with van der Waals surface area (Å²) in [4.78, 5) is 20.3. The summed E-state index contributed by atoms with van der Waals surface area (Å²) < 4.78 is 37.9. The van der Waals surface area contributed by atoms with Gasteiger partial charge in [0, 0.05) is 12.7 Å². The van der Waals surface area contributed by atoms with E-state index in [4.69, 9.17) is 10.8 Å². The second-order valence-electron chi connectivity index (χ2n) is 6.52. The predicted octanol–water partition coefficient (Wildman–Crippen LogP) is 1.81. The van der Waals surface area contributed by atoms with E-state index < -0.39 is 23.9 Å². The number of piperidine rings is 1. The summed E-state index contributed by atoms with van der Waals surface area (Å²) in [6, 6.07) is 0.0316. The van der Waals surface area contributed by atoms with Crippen LogP contribution in [0.15, 0.2) is 12.3 Å². The number of nitrogens with zero attached hydrogens (tertiary/aromatic N) is 3. The van der Waals surface area contributed by atoms with Crippen LogP contribution in [0.3, 0.4) is 0 Å². The fourth-order valence-corrected chi connectivity index (χ4v) is 2.91. The fourth-order valence-electron chi connectivity index (χ4n) is 2.91. The van der Waals surface area contributed by atoms with Gasteiger partial charge in [-0.2, -0.15) is 13.2 Å². The lowest BCUT2D eigenvalue weighted by atomic mass is 9.96. The molecule has 0 aromatic carbocycles. The lowest BCUT2D eigenvalue weighted by Gasteiger charge is -2.32. The average molecular weight is 375 g/mol. The molecule has 1 fully saturated rings. The van der Waals surface area contributed by atoms with E-state index in [1.165, 1.54) is 0 Å². The molecule has 4 N–H and O–H groups in total. The Morgan fingerprint density at radius 1 is 1.42 bits per heavy atom. The van der Waals surface area contributed by atoms with Crippen molar-refractivity contribution in [1.82, 2.24) is 14.9 Å². The van der Waals surface area contributed by atoms with Crippen molar-refractivity contribution >= 4 is 11.9 Å². The number of carboxylic acids is 1. The maximum atomic E-state index is 12.6. The normalized spacial score (nSPS) is 17.8. The van der Waals surface area contributed by atoms with Crippen molar-refractivity contribution in [2.24, 2.45) is 11.7 Å². The summed E-state index contributed by atoms with van der Waals surface area (Å²) in [5.74, 6) is -0.651. The molecule has 146 valence electrons. The molecule has 1 aliphatic heterocycles. The van der Waals surface area contributed by atoms with E-state index >= 15 is 0 Å². The number of anilines is 1. The first-order valence-corrected chi connectivity index (χ1v) is 8.60. The van der Waals surface area contributed by atoms with Gasteiger partial charge >= 0.3 is 12.1 Å². The van der Waals surface area contributed by atoms with Crippen LogP contribution in [-0.4, -0.2) is 58.2 Å². The molecule has 0 amide bonds. The Morgan fingerprint density at radius 3 is 2.73 bits per heavy atom. The number of alkyl halides is 3. The third kappa shape index (κ3) is 6.41. The Bertz CT molecular complexity index is 591. The first-order chi connectivity index (χ1) is 12.3. The number of nitrogens with one attached hydrogen (secondary N) is 1. The summed E-state index contributed by atoms with van der Waals surface area (Å²) >= 11 is 0. The Kier molecular flexibility index (Phi) is 7.15. The van der Waals surface area contributed by atoms with Gasteiger partial charge in [-0.3, -0.25) is 4.79 Å². The number of hydrogen-bond donors (Lipinski definition) is 3. The van der Waals surface area contributed by atoms with Gasteiger partial charge in [-0.15, -0.1) is 0 Å². The molecular weight excluding hydrogens is 351 g/mol. The molecule has 0 saturated carbocycles. The largest absolute Gasteiger partial charge is 0.480 e. The van der Waals surface area contributed by atoms with Gasteiger partial charge in [0.2, 0.25) is 5.95 Å². The Labute approximate surface area is 149 Å². The predicted molar refractivity (Wildman–Crippen MR) is 89.5 cm³/mol. The zero-order chi connectivity index (χ0) is 19.2. The molecule has 2 heterocycles. The van der Waals surface area contributed by atoms with Crippen LogP contribution in [0.2, 0.25) is 0 Å². The van der Waals surface area contributed by atoms with Crippen LogP contribution in [0.4, 0.5) is 19.1 Å². The lowest BCUT2D eigenvalue weighted by Crippen LogP contribution is -2.37. The molecule has 0 spiro atoms. The van der Waals surface area contributed by atoms with Crippen LogP contribution in [0, 0.1) is 5.92 Å². The highest BCUT2D eigenvalue weighted by Gasteiger charge is 2.32. The van der Waals surface area contributed by atoms with Gasteiger partial charge in [-0.1, -0.05) is 0 Å². The molecule has 7 nitrogen and oxygen atoms in total. The molecule has 1 aliphatic rings. The van der Waals surface area contributed by atoms with Gasteiger partial charge in [0.25, 0.3) is 0 Å². The average Bonchev–Trinajstić information content (AvgIpc) is 2.60. The number of hydrogen-bond acceptors (Lipinski definition) is 6. The second-order valence-corrected chi connectivity index (χ2v) is 6.52. The van der Waals surface area contributed by atoms with Gasteiger partial charge in [0.1, 0.15) is 11.7 Å². The van der Waals surface area contributed by atoms with Crippen molar-refractivity contribution < 1.29 is 23.1 Å². The maximum absolute atomic E-state index is 12.6. The lowest BCUT2D eigenvalue weighted by molar-refractivity contribution is -0.141. The van der Waals surface area contributed by atoms with Gasteiger partial charge in [0.15, 0.2) is 0 Å². The van der Waals surface area contributed by atoms with Crippen LogP contribution in [-0.2, 0) is 11.0 Å². The number of aliphatic carboxylic acids is 1. The third-order valence-electron chi connectivity index (χ3n) is 4.51.